The van der Waals surface area contributed by atoms with Gasteiger partial charge in [0.15, 0.2) is 0 Å². The van der Waals surface area contributed by atoms with Crippen LogP contribution in [0.2, 0.25) is 0 Å². The fourth-order valence-electron chi connectivity index (χ4n) is 7.00. The number of anilines is 1. The molecule has 3 fully saturated rings. The summed E-state index contributed by atoms with van der Waals surface area (Å²) in [7, 11) is 3.54. The summed E-state index contributed by atoms with van der Waals surface area (Å²) in [5.74, 6) is 0.998. The van der Waals surface area contributed by atoms with E-state index in [2.05, 4.69) is 19.9 Å². The zero-order chi connectivity index (χ0) is 31.3. The molecule has 2 saturated heterocycles. The van der Waals surface area contributed by atoms with Crippen molar-refractivity contribution in [3.63, 3.8) is 0 Å². The largest absolute Gasteiger partial charge is 0.444 e. The molecule has 12 nitrogen and oxygen atoms in total. The van der Waals surface area contributed by atoms with Crippen LogP contribution in [0.1, 0.15) is 89.2 Å². The number of likely N-dealkylation sites (tertiary alicyclic amines) is 2. The standard InChI is InChI=1S/C32H44N8O4/c1-19-12-26(33-16-24(19)28(41)38-17-23-14-22(38)18-39(23)31(43)44-32(2,3)4)35-30-34-15-20-13-25(29(42)37(5)6)40(27(20)36-30)21-10-8-7-9-11-21/h13,15-16,19,21-23H,7-12,14,17-18H2,1-6H3,(H,33,34,35,36). The normalized spacial score (nSPS) is 23.9. The van der Waals surface area contributed by atoms with Gasteiger partial charge in [0, 0.05) is 63.0 Å². The molecule has 1 saturated carbocycles. The average molecular weight is 605 g/mol. The van der Waals surface area contributed by atoms with Crippen molar-refractivity contribution in [2.24, 2.45) is 10.9 Å². The van der Waals surface area contributed by atoms with E-state index in [9.17, 15) is 14.4 Å². The van der Waals surface area contributed by atoms with Gasteiger partial charge in [0.1, 0.15) is 22.8 Å². The molecule has 5 heterocycles. The first kappa shape index (κ1) is 30.1. The lowest BCUT2D eigenvalue weighted by atomic mass is 9.94. The third-order valence-electron chi connectivity index (χ3n) is 9.16. The summed E-state index contributed by atoms with van der Waals surface area (Å²) >= 11 is 0. The van der Waals surface area contributed by atoms with E-state index < -0.39 is 5.60 Å². The smallest absolute Gasteiger partial charge is 0.410 e. The zero-order valence-corrected chi connectivity index (χ0v) is 26.7. The van der Waals surface area contributed by atoms with Crippen molar-refractivity contribution in [1.82, 2.24) is 29.2 Å². The lowest BCUT2D eigenvalue weighted by Crippen LogP contribution is -2.52. The predicted molar refractivity (Wildman–Crippen MR) is 167 cm³/mol. The van der Waals surface area contributed by atoms with E-state index in [1.807, 2.05) is 38.7 Å². The summed E-state index contributed by atoms with van der Waals surface area (Å²) in [6.07, 6.45) is 9.96. The minimum atomic E-state index is -0.551. The van der Waals surface area contributed by atoms with E-state index in [4.69, 9.17) is 9.72 Å². The van der Waals surface area contributed by atoms with E-state index in [0.29, 0.717) is 42.6 Å². The highest BCUT2D eigenvalue weighted by molar-refractivity contribution is 6.01. The highest BCUT2D eigenvalue weighted by Gasteiger charge is 2.49. The Morgan fingerprint density at radius 2 is 1.73 bits per heavy atom. The number of fused-ring (bicyclic) bond motifs is 3. The van der Waals surface area contributed by atoms with Crippen molar-refractivity contribution >= 4 is 40.7 Å². The van der Waals surface area contributed by atoms with Crippen LogP contribution in [-0.4, -0.2) is 97.8 Å². The Balaban J connectivity index is 1.17. The Morgan fingerprint density at radius 1 is 1.02 bits per heavy atom. The number of amidine groups is 1. The molecular weight excluding hydrogens is 560 g/mol. The summed E-state index contributed by atoms with van der Waals surface area (Å²) in [5, 5.41) is 4.12. The molecule has 2 aromatic heterocycles. The molecule has 1 N–H and O–H groups in total. The summed E-state index contributed by atoms with van der Waals surface area (Å²) in [6.45, 7) is 8.61. The summed E-state index contributed by atoms with van der Waals surface area (Å²) in [6, 6.07) is 2.09. The lowest BCUT2D eigenvalue weighted by Gasteiger charge is -2.36. The molecular formula is C32H44N8O4. The van der Waals surface area contributed by atoms with Crippen LogP contribution in [0.5, 0.6) is 0 Å². The number of amides is 3. The number of piperazine rings is 1. The Hall–Kier alpha value is -3.96. The minimum Gasteiger partial charge on any atom is -0.444 e. The van der Waals surface area contributed by atoms with E-state index in [0.717, 1.165) is 43.1 Å². The fourth-order valence-corrected chi connectivity index (χ4v) is 7.00. The minimum absolute atomic E-state index is 0.0126. The lowest BCUT2D eigenvalue weighted by molar-refractivity contribution is -0.130. The molecule has 236 valence electrons. The number of rotatable bonds is 4. The summed E-state index contributed by atoms with van der Waals surface area (Å²) < 4.78 is 7.68. The third-order valence-corrected chi connectivity index (χ3v) is 9.16. The van der Waals surface area contributed by atoms with Crippen LogP contribution in [0.15, 0.2) is 29.0 Å². The third kappa shape index (κ3) is 5.78. The molecule has 0 radical (unpaired) electrons. The van der Waals surface area contributed by atoms with Gasteiger partial charge >= 0.3 is 6.09 Å². The van der Waals surface area contributed by atoms with Gasteiger partial charge in [-0.05, 0) is 52.0 Å². The highest BCUT2D eigenvalue weighted by atomic mass is 16.6. The maximum absolute atomic E-state index is 13.6. The van der Waals surface area contributed by atoms with Crippen molar-refractivity contribution in [2.45, 2.75) is 96.4 Å². The molecule has 2 aromatic rings. The first-order valence-electron chi connectivity index (χ1n) is 15.8. The van der Waals surface area contributed by atoms with Crippen molar-refractivity contribution in [3.05, 3.63) is 29.7 Å². The summed E-state index contributed by atoms with van der Waals surface area (Å²) in [4.78, 5) is 58.6. The number of nitrogens with zero attached hydrogens (tertiary/aromatic N) is 7. The average Bonchev–Trinajstić information content (AvgIpc) is 3.69. The Kier molecular flexibility index (Phi) is 7.87. The van der Waals surface area contributed by atoms with Crippen LogP contribution in [-0.2, 0) is 9.53 Å². The quantitative estimate of drug-likeness (QED) is 0.541. The molecule has 3 aliphatic heterocycles. The Morgan fingerprint density at radius 3 is 2.36 bits per heavy atom. The first-order valence-corrected chi connectivity index (χ1v) is 15.8. The monoisotopic (exact) mass is 604 g/mol. The van der Waals surface area contributed by atoms with Crippen LogP contribution in [0.4, 0.5) is 10.7 Å². The number of carbonyl (C=O) groups excluding carboxylic acids is 3. The van der Waals surface area contributed by atoms with Crippen LogP contribution in [0.25, 0.3) is 11.0 Å². The zero-order valence-electron chi connectivity index (χ0n) is 26.7. The van der Waals surface area contributed by atoms with Crippen LogP contribution >= 0.6 is 0 Å². The van der Waals surface area contributed by atoms with E-state index in [-0.39, 0.29) is 42.0 Å². The van der Waals surface area contributed by atoms with Crippen molar-refractivity contribution < 1.29 is 19.1 Å². The topological polar surface area (TPSA) is 125 Å². The second kappa shape index (κ2) is 11.5. The first-order chi connectivity index (χ1) is 20.9. The molecule has 4 aliphatic rings. The number of aliphatic imine (C=N–C) groups is 1. The maximum Gasteiger partial charge on any atom is 0.410 e. The molecule has 3 unspecified atom stereocenters. The number of carbonyl (C=O) groups is 3. The second-order valence-electron chi connectivity index (χ2n) is 13.9. The van der Waals surface area contributed by atoms with E-state index >= 15 is 0 Å². The van der Waals surface area contributed by atoms with E-state index in [1.54, 1.807) is 36.3 Å². The van der Waals surface area contributed by atoms with Gasteiger partial charge in [-0.1, -0.05) is 26.2 Å². The van der Waals surface area contributed by atoms with Gasteiger partial charge in [-0.2, -0.15) is 4.98 Å². The number of hydrogen-bond donors (Lipinski definition) is 1. The molecule has 0 aromatic carbocycles. The number of aromatic nitrogens is 3. The van der Waals surface area contributed by atoms with Crippen LogP contribution < -0.4 is 5.32 Å². The van der Waals surface area contributed by atoms with E-state index in [1.165, 1.54) is 6.42 Å². The molecule has 2 bridgehead atoms. The molecule has 3 amide bonds. The molecule has 1 aliphatic carbocycles. The Labute approximate surface area is 258 Å². The van der Waals surface area contributed by atoms with Gasteiger partial charge in [-0.15, -0.1) is 0 Å². The molecule has 0 spiro atoms. The Bertz CT molecular complexity index is 1530. The number of ether oxygens (including phenoxy) is 1. The number of hydrogen-bond acceptors (Lipinski definition) is 8. The molecule has 3 atom stereocenters. The SMILES string of the molecule is CC1CC(Nc2ncc3cc(C(=O)N(C)C)n(C4CCCCC4)c3n2)=NC=C1C(=O)N1CC2CC1CN2C(=O)OC(C)(C)C. The molecule has 44 heavy (non-hydrogen) atoms. The van der Waals surface area contributed by atoms with Crippen LogP contribution in [0, 0.1) is 5.92 Å². The second-order valence-corrected chi connectivity index (χ2v) is 13.9. The van der Waals surface area contributed by atoms with Crippen LogP contribution in [0.3, 0.4) is 0 Å². The fraction of sp³-hybridized carbons (Fsp3) is 0.625. The molecule has 6 rings (SSSR count). The molecule has 12 heteroatoms. The van der Waals surface area contributed by atoms with Crippen molar-refractivity contribution in [2.75, 3.05) is 32.5 Å². The van der Waals surface area contributed by atoms with Gasteiger partial charge in [0.25, 0.3) is 11.8 Å². The summed E-state index contributed by atoms with van der Waals surface area (Å²) in [5.41, 5.74) is 1.51. The van der Waals surface area contributed by atoms with Crippen molar-refractivity contribution in [1.29, 1.82) is 0 Å². The number of nitrogens with one attached hydrogen (secondary N) is 1. The predicted octanol–water partition coefficient (Wildman–Crippen LogP) is 4.59. The van der Waals surface area contributed by atoms with Gasteiger partial charge in [-0.25, -0.2) is 14.8 Å². The van der Waals surface area contributed by atoms with Gasteiger partial charge in [0.2, 0.25) is 5.95 Å². The van der Waals surface area contributed by atoms with Gasteiger partial charge in [0.05, 0.1) is 12.1 Å². The highest BCUT2D eigenvalue weighted by Crippen LogP contribution is 2.36. The maximum atomic E-state index is 13.6. The van der Waals surface area contributed by atoms with Crippen molar-refractivity contribution in [3.8, 4) is 0 Å². The van der Waals surface area contributed by atoms with Gasteiger partial charge < -0.3 is 29.3 Å². The van der Waals surface area contributed by atoms with Gasteiger partial charge in [-0.3, -0.25) is 9.59 Å².